The summed E-state index contributed by atoms with van der Waals surface area (Å²) in [5, 5.41) is 9.30. The maximum atomic E-state index is 14.7. The van der Waals surface area contributed by atoms with Crippen molar-refractivity contribution in [2.75, 3.05) is 11.9 Å². The van der Waals surface area contributed by atoms with Gasteiger partial charge in [-0.25, -0.2) is 14.4 Å². The molecule has 3 aromatic heterocycles. The van der Waals surface area contributed by atoms with Crippen LogP contribution in [0.2, 0.25) is 0 Å². The monoisotopic (exact) mass is 463 g/mol. The number of hydrogen-bond donors (Lipinski definition) is 2. The zero-order valence-electron chi connectivity index (χ0n) is 17.7. The largest absolute Gasteiger partial charge is 0.435 e. The first kappa shape index (κ1) is 21.6. The molecule has 174 valence electrons. The Morgan fingerprint density at radius 2 is 2.09 bits per heavy atom. The smallest absolute Gasteiger partial charge is 0.323 e. The first-order valence-electron chi connectivity index (χ1n) is 10.5. The second-order valence-electron chi connectivity index (χ2n) is 8.75. The number of carbonyl (C=O) groups is 1. The van der Waals surface area contributed by atoms with Crippen molar-refractivity contribution in [3.05, 3.63) is 53.8 Å². The predicted molar refractivity (Wildman–Crippen MR) is 109 cm³/mol. The molecule has 1 saturated carbocycles. The molecule has 0 radical (unpaired) electrons. The standard InChI is InChI=1S/C21H21F4N7O/c1-12-4-17(21(23,24)25)30-32(12)9-18(33)29-13-5-14(22)19(26-7-13)31-8-16(28-11-31)15-6-20(2-3-20)10-27-15/h4-5,7-8,11,15,27H,2-3,6,9-10H2,1H3,(H,29,33). The molecule has 0 aromatic carbocycles. The van der Waals surface area contributed by atoms with E-state index in [1.807, 2.05) is 0 Å². The second kappa shape index (κ2) is 7.65. The van der Waals surface area contributed by atoms with E-state index < -0.39 is 30.1 Å². The highest BCUT2D eigenvalue weighted by Crippen LogP contribution is 2.54. The molecule has 1 amide bonds. The Morgan fingerprint density at radius 1 is 1.30 bits per heavy atom. The number of amides is 1. The number of aromatic nitrogens is 5. The maximum absolute atomic E-state index is 14.7. The summed E-state index contributed by atoms with van der Waals surface area (Å²) in [6.45, 7) is 1.93. The predicted octanol–water partition coefficient (Wildman–Crippen LogP) is 3.38. The highest BCUT2D eigenvalue weighted by atomic mass is 19.4. The van der Waals surface area contributed by atoms with Gasteiger partial charge in [0, 0.05) is 24.5 Å². The maximum Gasteiger partial charge on any atom is 0.435 e. The lowest BCUT2D eigenvalue weighted by molar-refractivity contribution is -0.141. The van der Waals surface area contributed by atoms with Gasteiger partial charge in [-0.1, -0.05) is 0 Å². The fourth-order valence-corrected chi connectivity index (χ4v) is 4.15. The summed E-state index contributed by atoms with van der Waals surface area (Å²) in [5.74, 6) is -1.30. The van der Waals surface area contributed by atoms with Crippen LogP contribution in [0.3, 0.4) is 0 Å². The third-order valence-electron chi connectivity index (χ3n) is 6.19. The van der Waals surface area contributed by atoms with Gasteiger partial charge in [0.1, 0.15) is 12.9 Å². The highest BCUT2D eigenvalue weighted by Gasteiger charge is 2.48. The number of alkyl halides is 3. The summed E-state index contributed by atoms with van der Waals surface area (Å²) in [4.78, 5) is 20.7. The first-order valence-corrected chi connectivity index (χ1v) is 10.5. The summed E-state index contributed by atoms with van der Waals surface area (Å²) in [6, 6.07) is 2.09. The van der Waals surface area contributed by atoms with Crippen LogP contribution < -0.4 is 10.6 Å². The van der Waals surface area contributed by atoms with Gasteiger partial charge in [-0.15, -0.1) is 0 Å². The average Bonchev–Trinajstić information content (AvgIpc) is 3.07. The van der Waals surface area contributed by atoms with Crippen molar-refractivity contribution in [2.24, 2.45) is 5.41 Å². The van der Waals surface area contributed by atoms with Crippen LogP contribution in [-0.2, 0) is 17.5 Å². The SMILES string of the molecule is Cc1cc(C(F)(F)F)nn1CC(=O)Nc1cnc(-n2cnc(C3CC4(CC4)CN3)c2)c(F)c1. The summed E-state index contributed by atoms with van der Waals surface area (Å²) in [6.07, 6.45) is 3.38. The molecule has 1 spiro atoms. The van der Waals surface area contributed by atoms with E-state index in [1.165, 1.54) is 36.9 Å². The molecule has 1 aliphatic carbocycles. The van der Waals surface area contributed by atoms with Gasteiger partial charge in [0.25, 0.3) is 0 Å². The second-order valence-corrected chi connectivity index (χ2v) is 8.75. The number of hydrogen-bond acceptors (Lipinski definition) is 5. The molecule has 3 aromatic rings. The van der Waals surface area contributed by atoms with Crippen molar-refractivity contribution in [3.63, 3.8) is 0 Å². The minimum absolute atomic E-state index is 0.0311. The molecular weight excluding hydrogens is 442 g/mol. The van der Waals surface area contributed by atoms with E-state index in [4.69, 9.17) is 0 Å². The van der Waals surface area contributed by atoms with Crippen LogP contribution in [0.1, 0.15) is 42.4 Å². The number of pyridine rings is 1. The number of halogens is 4. The highest BCUT2D eigenvalue weighted by molar-refractivity contribution is 5.90. The Hall–Kier alpha value is -3.28. The number of anilines is 1. The summed E-state index contributed by atoms with van der Waals surface area (Å²) in [7, 11) is 0. The number of rotatable bonds is 5. The Balaban J connectivity index is 1.25. The molecule has 0 bridgehead atoms. The van der Waals surface area contributed by atoms with E-state index in [0.29, 0.717) is 5.41 Å². The molecular formula is C21H21F4N7O. The van der Waals surface area contributed by atoms with Crippen molar-refractivity contribution in [1.29, 1.82) is 0 Å². The van der Waals surface area contributed by atoms with E-state index in [0.717, 1.165) is 35.5 Å². The van der Waals surface area contributed by atoms with Gasteiger partial charge in [-0.3, -0.25) is 14.0 Å². The lowest BCUT2D eigenvalue weighted by Gasteiger charge is -2.09. The van der Waals surface area contributed by atoms with Gasteiger partial charge in [0.2, 0.25) is 5.91 Å². The van der Waals surface area contributed by atoms with Crippen LogP contribution in [0.15, 0.2) is 30.9 Å². The zero-order chi connectivity index (χ0) is 23.4. The van der Waals surface area contributed by atoms with Crippen LogP contribution >= 0.6 is 0 Å². The molecule has 2 fully saturated rings. The van der Waals surface area contributed by atoms with E-state index in [-0.39, 0.29) is 23.2 Å². The van der Waals surface area contributed by atoms with Crippen LogP contribution in [0.4, 0.5) is 23.2 Å². The molecule has 2 aliphatic rings. The van der Waals surface area contributed by atoms with Gasteiger partial charge in [-0.05, 0) is 37.7 Å². The third-order valence-corrected chi connectivity index (χ3v) is 6.19. The van der Waals surface area contributed by atoms with Gasteiger partial charge < -0.3 is 10.6 Å². The van der Waals surface area contributed by atoms with Gasteiger partial charge in [-0.2, -0.15) is 18.3 Å². The van der Waals surface area contributed by atoms with Gasteiger partial charge in [0.15, 0.2) is 17.3 Å². The average molecular weight is 463 g/mol. The molecule has 2 N–H and O–H groups in total. The number of nitrogens with zero attached hydrogens (tertiary/aromatic N) is 5. The van der Waals surface area contributed by atoms with Gasteiger partial charge >= 0.3 is 6.18 Å². The van der Waals surface area contributed by atoms with Crippen molar-refractivity contribution >= 4 is 11.6 Å². The van der Waals surface area contributed by atoms with Crippen molar-refractivity contribution < 1.29 is 22.4 Å². The molecule has 8 nitrogen and oxygen atoms in total. The number of imidazole rings is 1. The molecule has 1 unspecified atom stereocenters. The Bertz CT molecular complexity index is 1210. The third kappa shape index (κ3) is 4.34. The Labute approximate surface area is 186 Å². The van der Waals surface area contributed by atoms with Crippen molar-refractivity contribution in [3.8, 4) is 5.82 Å². The molecule has 33 heavy (non-hydrogen) atoms. The summed E-state index contributed by atoms with van der Waals surface area (Å²) >= 11 is 0. The molecule has 1 saturated heterocycles. The van der Waals surface area contributed by atoms with Crippen LogP contribution in [0, 0.1) is 18.2 Å². The van der Waals surface area contributed by atoms with E-state index in [2.05, 4.69) is 25.7 Å². The van der Waals surface area contributed by atoms with Crippen LogP contribution in [0.25, 0.3) is 5.82 Å². The normalized spacial score (nSPS) is 19.2. The fraction of sp³-hybridized carbons (Fsp3) is 0.429. The quantitative estimate of drug-likeness (QED) is 0.567. The fourth-order valence-electron chi connectivity index (χ4n) is 4.15. The first-order chi connectivity index (χ1) is 15.6. The summed E-state index contributed by atoms with van der Waals surface area (Å²) < 4.78 is 55.5. The minimum Gasteiger partial charge on any atom is -0.323 e. The van der Waals surface area contributed by atoms with E-state index in [9.17, 15) is 22.4 Å². The Morgan fingerprint density at radius 3 is 2.73 bits per heavy atom. The number of aryl methyl sites for hydroxylation is 1. The minimum atomic E-state index is -4.60. The molecule has 4 heterocycles. The number of carbonyl (C=O) groups excluding carboxylic acids is 1. The molecule has 1 aliphatic heterocycles. The topological polar surface area (TPSA) is 89.7 Å². The number of nitrogens with one attached hydrogen (secondary N) is 2. The lowest BCUT2D eigenvalue weighted by Crippen LogP contribution is -2.21. The van der Waals surface area contributed by atoms with Crippen LogP contribution in [0.5, 0.6) is 0 Å². The van der Waals surface area contributed by atoms with Crippen LogP contribution in [-0.4, -0.2) is 36.8 Å². The van der Waals surface area contributed by atoms with E-state index in [1.54, 1.807) is 6.20 Å². The van der Waals surface area contributed by atoms with Crippen molar-refractivity contribution in [2.45, 2.75) is 44.9 Å². The van der Waals surface area contributed by atoms with Crippen molar-refractivity contribution in [1.82, 2.24) is 29.6 Å². The lowest BCUT2D eigenvalue weighted by atomic mass is 10.0. The molecule has 12 heteroatoms. The zero-order valence-corrected chi connectivity index (χ0v) is 17.7. The molecule has 5 rings (SSSR count). The summed E-state index contributed by atoms with van der Waals surface area (Å²) in [5.41, 5.74) is 0.406. The Kier molecular flexibility index (Phi) is 5.00. The van der Waals surface area contributed by atoms with Gasteiger partial charge in [0.05, 0.1) is 23.6 Å². The van der Waals surface area contributed by atoms with E-state index >= 15 is 0 Å². The molecule has 1 atom stereocenters.